The summed E-state index contributed by atoms with van der Waals surface area (Å²) in [6.07, 6.45) is 2.24. The molecule has 2 N–H and O–H groups in total. The van der Waals surface area contributed by atoms with Crippen LogP contribution in [0.1, 0.15) is 40.4 Å². The second-order valence-corrected chi connectivity index (χ2v) is 7.99. The van der Waals surface area contributed by atoms with Crippen molar-refractivity contribution < 1.29 is 9.59 Å². The molecule has 1 fully saturated rings. The lowest BCUT2D eigenvalue weighted by Gasteiger charge is -2.23. The zero-order valence-corrected chi connectivity index (χ0v) is 16.7. The van der Waals surface area contributed by atoms with Gasteiger partial charge < -0.3 is 5.32 Å². The predicted molar refractivity (Wildman–Crippen MR) is 110 cm³/mol. The van der Waals surface area contributed by atoms with Gasteiger partial charge in [-0.05, 0) is 34.9 Å². The van der Waals surface area contributed by atoms with E-state index in [4.69, 9.17) is 0 Å². The first-order valence-corrected chi connectivity index (χ1v) is 10.0. The van der Waals surface area contributed by atoms with E-state index in [0.717, 1.165) is 11.1 Å². The number of nitrogens with one attached hydrogen (secondary N) is 2. The van der Waals surface area contributed by atoms with E-state index in [-0.39, 0.29) is 29.5 Å². The summed E-state index contributed by atoms with van der Waals surface area (Å²) >= 11 is 0. The molecule has 0 spiro atoms. The zero-order valence-electron chi connectivity index (χ0n) is 16.7. The van der Waals surface area contributed by atoms with Gasteiger partial charge in [-0.3, -0.25) is 19.6 Å². The van der Waals surface area contributed by atoms with Crippen molar-refractivity contribution in [3.8, 4) is 0 Å². The van der Waals surface area contributed by atoms with Gasteiger partial charge in [-0.1, -0.05) is 43.3 Å². The third-order valence-corrected chi connectivity index (χ3v) is 6.16. The number of pyridine rings is 1. The molecular weight excluding hydrogens is 380 g/mol. The molecule has 2 aliphatic rings. The molecule has 1 aliphatic heterocycles. The average Bonchev–Trinajstić information content (AvgIpc) is 3.21. The normalized spacial score (nSPS) is 24.6. The zero-order chi connectivity index (χ0) is 20.8. The molecule has 3 unspecified atom stereocenters. The first-order valence-electron chi connectivity index (χ1n) is 10.0. The van der Waals surface area contributed by atoms with E-state index in [1.807, 2.05) is 42.5 Å². The van der Waals surface area contributed by atoms with Crippen LogP contribution in [0.4, 0.5) is 5.82 Å². The molecule has 2 amide bonds. The Morgan fingerprint density at radius 3 is 2.80 bits per heavy atom. The number of carbonyl (C=O) groups is 2. The van der Waals surface area contributed by atoms with Crippen LogP contribution in [-0.2, 0) is 11.2 Å². The van der Waals surface area contributed by atoms with Crippen molar-refractivity contribution in [2.45, 2.75) is 25.3 Å². The number of anilines is 1. The van der Waals surface area contributed by atoms with Gasteiger partial charge in [0.15, 0.2) is 0 Å². The van der Waals surface area contributed by atoms with Crippen molar-refractivity contribution >= 4 is 17.6 Å². The molecule has 8 heteroatoms. The summed E-state index contributed by atoms with van der Waals surface area (Å²) in [6.45, 7) is 2.11. The third-order valence-electron chi connectivity index (χ3n) is 6.16. The Kier molecular flexibility index (Phi) is 4.34. The number of nitrogens with zero attached hydrogens (tertiary/aromatic N) is 4. The van der Waals surface area contributed by atoms with Gasteiger partial charge >= 0.3 is 0 Å². The molecule has 0 saturated heterocycles. The van der Waals surface area contributed by atoms with Crippen molar-refractivity contribution in [1.29, 1.82) is 0 Å². The second-order valence-electron chi connectivity index (χ2n) is 7.99. The van der Waals surface area contributed by atoms with Crippen LogP contribution in [0.3, 0.4) is 0 Å². The summed E-state index contributed by atoms with van der Waals surface area (Å²) in [5.74, 6) is 1.23. The molecular formula is C22H22N6O2. The molecule has 1 aromatic carbocycles. The van der Waals surface area contributed by atoms with Crippen LogP contribution in [0.15, 0.2) is 48.7 Å². The lowest BCUT2D eigenvalue weighted by atomic mass is 10.1. The van der Waals surface area contributed by atoms with Gasteiger partial charge in [-0.15, -0.1) is 5.10 Å². The molecule has 0 bridgehead atoms. The second kappa shape index (κ2) is 7.05. The summed E-state index contributed by atoms with van der Waals surface area (Å²) in [5.41, 5.74) is 2.13. The molecule has 30 heavy (non-hydrogen) atoms. The maximum Gasteiger partial charge on any atom is 0.291 e. The van der Waals surface area contributed by atoms with Gasteiger partial charge in [-0.2, -0.15) is 0 Å². The molecule has 8 nitrogen and oxygen atoms in total. The number of aromatic nitrogens is 4. The lowest BCUT2D eigenvalue weighted by molar-refractivity contribution is -0.120. The summed E-state index contributed by atoms with van der Waals surface area (Å²) < 4.78 is 0. The van der Waals surface area contributed by atoms with Gasteiger partial charge in [0.05, 0.1) is 0 Å². The largest absolute Gasteiger partial charge is 0.337 e. The lowest BCUT2D eigenvalue weighted by Crippen LogP contribution is -2.49. The summed E-state index contributed by atoms with van der Waals surface area (Å²) in [7, 11) is 1.70. The number of carbonyl (C=O) groups excluding carboxylic acids is 2. The molecule has 1 aliphatic carbocycles. The van der Waals surface area contributed by atoms with Crippen molar-refractivity contribution in [1.82, 2.24) is 25.5 Å². The fourth-order valence-electron chi connectivity index (χ4n) is 4.55. The van der Waals surface area contributed by atoms with Crippen molar-refractivity contribution in [2.75, 3.05) is 11.9 Å². The number of amides is 2. The fraction of sp³-hybridized carbons (Fsp3) is 0.318. The van der Waals surface area contributed by atoms with Gasteiger partial charge in [-0.25, -0.2) is 9.97 Å². The first-order chi connectivity index (χ1) is 14.5. The fourth-order valence-corrected chi connectivity index (χ4v) is 4.55. The molecule has 1 saturated carbocycles. The number of hydrogen-bond acceptors (Lipinski definition) is 5. The quantitative estimate of drug-likeness (QED) is 0.694. The summed E-state index contributed by atoms with van der Waals surface area (Å²) in [4.78, 5) is 36.2. The molecule has 4 atom stereocenters. The minimum atomic E-state index is -0.632. The van der Waals surface area contributed by atoms with Crippen LogP contribution in [0, 0.1) is 11.8 Å². The Hall–Kier alpha value is -3.55. The van der Waals surface area contributed by atoms with E-state index < -0.39 is 11.9 Å². The number of rotatable bonds is 4. The number of hydrogen-bond donors (Lipinski definition) is 2. The van der Waals surface area contributed by atoms with Crippen molar-refractivity contribution in [2.24, 2.45) is 11.8 Å². The molecule has 3 aromatic rings. The van der Waals surface area contributed by atoms with Crippen LogP contribution in [0.25, 0.3) is 0 Å². The topological polar surface area (TPSA) is 104 Å². The number of aromatic amines is 1. The molecule has 152 valence electrons. The van der Waals surface area contributed by atoms with Gasteiger partial charge in [0, 0.05) is 19.7 Å². The Morgan fingerprint density at radius 1 is 1.20 bits per heavy atom. The van der Waals surface area contributed by atoms with Crippen molar-refractivity contribution in [3.05, 3.63) is 71.4 Å². The van der Waals surface area contributed by atoms with Crippen LogP contribution in [0.5, 0.6) is 0 Å². The number of likely N-dealkylation sites (N-methyl/N-ethyl adjacent to an activating group) is 1. The Morgan fingerprint density at radius 2 is 2.00 bits per heavy atom. The van der Waals surface area contributed by atoms with Gasteiger partial charge in [0.25, 0.3) is 11.8 Å². The first kappa shape index (κ1) is 18.5. The van der Waals surface area contributed by atoms with E-state index >= 15 is 0 Å². The third kappa shape index (κ3) is 3.04. The van der Waals surface area contributed by atoms with Crippen LogP contribution >= 0.6 is 0 Å². The Balaban J connectivity index is 1.35. The summed E-state index contributed by atoms with van der Waals surface area (Å²) in [5, 5.41) is 9.77. The number of fused-ring (bicyclic) bond motifs is 3. The highest BCUT2D eigenvalue weighted by molar-refractivity contribution is 6.02. The minimum absolute atomic E-state index is 0.0390. The predicted octanol–water partition coefficient (Wildman–Crippen LogP) is 1.91. The number of benzene rings is 1. The van der Waals surface area contributed by atoms with E-state index in [9.17, 15) is 9.59 Å². The van der Waals surface area contributed by atoms with Crippen molar-refractivity contribution in [3.63, 3.8) is 0 Å². The van der Waals surface area contributed by atoms with Gasteiger partial charge in [0.2, 0.25) is 5.82 Å². The number of H-pyrrole nitrogens is 1. The van der Waals surface area contributed by atoms with Crippen LogP contribution in [0.2, 0.25) is 0 Å². The Labute approximate surface area is 173 Å². The molecule has 3 heterocycles. The highest BCUT2D eigenvalue weighted by atomic mass is 16.2. The van der Waals surface area contributed by atoms with E-state index in [2.05, 4.69) is 32.4 Å². The molecule has 5 rings (SSSR count). The SMILES string of the molecule is CC1C2c3cccnc3N(C)C(=O)[C@@H](NC(=O)c3n[nH]c(Cc4ccccc4)n3)C12. The highest BCUT2D eigenvalue weighted by Gasteiger charge is 2.58. The standard InChI is InChI=1S/C22H22N6O2/c1-12-16-14-9-6-10-23-20(14)28(2)22(30)18(17(12)16)25-21(29)19-24-15(26-27-19)11-13-7-4-3-5-8-13/h3-10,12,16-18H,11H2,1-2H3,(H,25,29)(H,24,26,27)/t12?,16?,17?,18-/m0/s1. The van der Waals surface area contributed by atoms with E-state index in [0.29, 0.717) is 18.1 Å². The highest BCUT2D eigenvalue weighted by Crippen LogP contribution is 2.58. The van der Waals surface area contributed by atoms with Gasteiger partial charge in [0.1, 0.15) is 17.7 Å². The Bertz CT molecular complexity index is 1110. The molecule has 0 radical (unpaired) electrons. The van der Waals surface area contributed by atoms with E-state index in [1.54, 1.807) is 13.2 Å². The van der Waals surface area contributed by atoms with Crippen LogP contribution < -0.4 is 10.2 Å². The smallest absolute Gasteiger partial charge is 0.291 e. The maximum atomic E-state index is 13.1. The molecule has 2 aromatic heterocycles. The average molecular weight is 402 g/mol. The maximum absolute atomic E-state index is 13.1. The van der Waals surface area contributed by atoms with E-state index in [1.165, 1.54) is 4.90 Å². The monoisotopic (exact) mass is 402 g/mol. The van der Waals surface area contributed by atoms with Crippen LogP contribution in [-0.4, -0.2) is 45.1 Å². The minimum Gasteiger partial charge on any atom is -0.337 e. The summed E-state index contributed by atoms with van der Waals surface area (Å²) in [6, 6.07) is 13.1.